The van der Waals surface area contributed by atoms with Crippen LogP contribution in [0.2, 0.25) is 0 Å². The number of nitrogens with zero attached hydrogens (tertiary/aromatic N) is 2. The number of nitrogens with one attached hydrogen (secondary N) is 1. The van der Waals surface area contributed by atoms with Gasteiger partial charge in [0.15, 0.2) is 6.61 Å². The molecule has 1 saturated heterocycles. The summed E-state index contributed by atoms with van der Waals surface area (Å²) in [6.07, 6.45) is -5.18. The van der Waals surface area contributed by atoms with E-state index in [0.29, 0.717) is 12.2 Å². The number of carbonyl (C=O) groups excluding carboxylic acids is 1. The smallest absolute Gasteiger partial charge is 0.484 e. The lowest BCUT2D eigenvalue weighted by atomic mass is 9.82. The van der Waals surface area contributed by atoms with Gasteiger partial charge < -0.3 is 19.2 Å². The number of halogens is 4. The quantitative estimate of drug-likeness (QED) is 0.614. The highest BCUT2D eigenvalue weighted by molar-refractivity contribution is 5.77. The third-order valence-corrected chi connectivity index (χ3v) is 5.76. The van der Waals surface area contributed by atoms with Gasteiger partial charge >= 0.3 is 6.36 Å². The second-order valence-corrected chi connectivity index (χ2v) is 8.28. The zero-order valence-electron chi connectivity index (χ0n) is 17.7. The molecule has 1 unspecified atom stereocenters. The molecular weight excluding hydrogens is 450 g/mol. The van der Waals surface area contributed by atoms with Gasteiger partial charge in [0.25, 0.3) is 5.91 Å². The third kappa shape index (κ3) is 6.20. The summed E-state index contributed by atoms with van der Waals surface area (Å²) in [6.45, 7) is 1.95. The van der Waals surface area contributed by atoms with E-state index in [9.17, 15) is 22.4 Å². The van der Waals surface area contributed by atoms with Crippen LogP contribution in [0.15, 0.2) is 28.7 Å². The van der Waals surface area contributed by atoms with E-state index < -0.39 is 24.4 Å². The largest absolute Gasteiger partial charge is 0.522 e. The van der Waals surface area contributed by atoms with Crippen molar-refractivity contribution in [1.29, 1.82) is 0 Å². The van der Waals surface area contributed by atoms with E-state index >= 15 is 0 Å². The Balaban J connectivity index is 1.22. The molecular formula is C21H23F4N3O5. The standard InChI is InChI=1S/C21H23F4N3O5/c1-11-6-17(20-28-27-19(32-20)12-7-15(8-12)33-21(23,24)25)31-9-16(11)26-18(29)10-30-14-4-2-13(22)3-5-14/h2-5,11-12,15-17H,6-10H2,1H3,(H,26,29)/t11?,12-,15+,16-,17-/m0/s1. The van der Waals surface area contributed by atoms with Crippen LogP contribution in [0.5, 0.6) is 5.75 Å². The summed E-state index contributed by atoms with van der Waals surface area (Å²) in [5.74, 6) is -0.0447. The van der Waals surface area contributed by atoms with Crippen molar-refractivity contribution in [3.8, 4) is 5.75 Å². The number of amides is 1. The maximum absolute atomic E-state index is 12.9. The van der Waals surface area contributed by atoms with Gasteiger partial charge in [0.2, 0.25) is 11.8 Å². The average molecular weight is 473 g/mol. The maximum Gasteiger partial charge on any atom is 0.522 e. The average Bonchev–Trinajstić information content (AvgIpc) is 3.20. The molecule has 1 N–H and O–H groups in total. The molecule has 4 rings (SSSR count). The summed E-state index contributed by atoms with van der Waals surface area (Å²) in [5.41, 5.74) is 0. The van der Waals surface area contributed by atoms with E-state index in [1.807, 2.05) is 6.92 Å². The van der Waals surface area contributed by atoms with E-state index in [4.69, 9.17) is 13.9 Å². The van der Waals surface area contributed by atoms with Crippen molar-refractivity contribution >= 4 is 5.91 Å². The molecule has 0 bridgehead atoms. The number of ether oxygens (including phenoxy) is 3. The monoisotopic (exact) mass is 473 g/mol. The van der Waals surface area contributed by atoms with Crippen LogP contribution in [0.1, 0.15) is 50.0 Å². The number of carbonyl (C=O) groups is 1. The summed E-state index contributed by atoms with van der Waals surface area (Å²) >= 11 is 0. The van der Waals surface area contributed by atoms with Gasteiger partial charge in [-0.15, -0.1) is 23.4 Å². The van der Waals surface area contributed by atoms with Gasteiger partial charge in [0.1, 0.15) is 17.7 Å². The first-order valence-electron chi connectivity index (χ1n) is 10.5. The number of rotatable bonds is 7. The van der Waals surface area contributed by atoms with Crippen LogP contribution in [-0.4, -0.2) is 47.8 Å². The van der Waals surface area contributed by atoms with E-state index in [2.05, 4.69) is 20.3 Å². The summed E-state index contributed by atoms with van der Waals surface area (Å²) in [6, 6.07) is 5.11. The number of hydrogen-bond donors (Lipinski definition) is 1. The van der Waals surface area contributed by atoms with Crippen molar-refractivity contribution < 1.29 is 41.0 Å². The fraction of sp³-hybridized carbons (Fsp3) is 0.571. The Bertz CT molecular complexity index is 946. The van der Waals surface area contributed by atoms with E-state index in [-0.39, 0.29) is 61.6 Å². The van der Waals surface area contributed by atoms with Crippen LogP contribution >= 0.6 is 0 Å². The lowest BCUT2D eigenvalue weighted by Crippen LogP contribution is -2.47. The van der Waals surface area contributed by atoms with Crippen molar-refractivity contribution in [2.24, 2.45) is 5.92 Å². The van der Waals surface area contributed by atoms with E-state index in [1.165, 1.54) is 24.3 Å². The minimum Gasteiger partial charge on any atom is -0.484 e. The normalized spacial score (nSPS) is 27.6. The van der Waals surface area contributed by atoms with Crippen LogP contribution in [0.3, 0.4) is 0 Å². The van der Waals surface area contributed by atoms with Crippen LogP contribution in [-0.2, 0) is 14.3 Å². The molecule has 1 aliphatic carbocycles. The molecule has 2 fully saturated rings. The van der Waals surface area contributed by atoms with Crippen LogP contribution in [0.25, 0.3) is 0 Å². The Morgan fingerprint density at radius 2 is 1.85 bits per heavy atom. The molecule has 2 heterocycles. The topological polar surface area (TPSA) is 95.7 Å². The van der Waals surface area contributed by atoms with E-state index in [0.717, 1.165) is 0 Å². The molecule has 1 aromatic heterocycles. The van der Waals surface area contributed by atoms with Gasteiger partial charge in [-0.2, -0.15) is 0 Å². The van der Waals surface area contributed by atoms with Crippen LogP contribution < -0.4 is 10.1 Å². The molecule has 33 heavy (non-hydrogen) atoms. The Labute approximate surface area is 186 Å². The number of aromatic nitrogens is 2. The molecule has 12 heteroatoms. The second kappa shape index (κ2) is 9.64. The first kappa shape index (κ1) is 23.4. The molecule has 0 spiro atoms. The maximum atomic E-state index is 12.9. The predicted octanol–water partition coefficient (Wildman–Crippen LogP) is 3.65. The number of alkyl halides is 3. The molecule has 2 aromatic rings. The highest BCUT2D eigenvalue weighted by Gasteiger charge is 2.43. The summed E-state index contributed by atoms with van der Waals surface area (Å²) in [5, 5.41) is 10.8. The highest BCUT2D eigenvalue weighted by atomic mass is 19.4. The molecule has 180 valence electrons. The molecule has 8 nitrogen and oxygen atoms in total. The molecule has 3 atom stereocenters. The van der Waals surface area contributed by atoms with E-state index in [1.54, 1.807) is 0 Å². The third-order valence-electron chi connectivity index (χ3n) is 5.76. The molecule has 1 aromatic carbocycles. The number of hydrogen-bond acceptors (Lipinski definition) is 7. The van der Waals surface area contributed by atoms with Gasteiger partial charge in [-0.25, -0.2) is 4.39 Å². The SMILES string of the molecule is CC1C[C@@H](c2nnc([C@H]3C[C@@H](OC(F)(F)F)C3)o2)OC[C@@H]1NC(=O)COc1ccc(F)cc1. The van der Waals surface area contributed by atoms with Gasteiger partial charge in [0.05, 0.1) is 18.8 Å². The molecule has 1 saturated carbocycles. The highest BCUT2D eigenvalue weighted by Crippen LogP contribution is 2.41. The van der Waals surface area contributed by atoms with Crippen LogP contribution in [0.4, 0.5) is 17.6 Å². The zero-order chi connectivity index (χ0) is 23.6. The molecule has 1 aliphatic heterocycles. The van der Waals surface area contributed by atoms with Crippen molar-refractivity contribution in [1.82, 2.24) is 15.5 Å². The lowest BCUT2D eigenvalue weighted by Gasteiger charge is -2.34. The molecule has 1 amide bonds. The lowest BCUT2D eigenvalue weighted by molar-refractivity contribution is -0.352. The Morgan fingerprint density at radius 3 is 2.52 bits per heavy atom. The zero-order valence-corrected chi connectivity index (χ0v) is 17.7. The minimum atomic E-state index is -4.65. The van der Waals surface area contributed by atoms with Crippen molar-refractivity contribution in [3.05, 3.63) is 41.9 Å². The molecule has 0 radical (unpaired) electrons. The summed E-state index contributed by atoms with van der Waals surface area (Å²) in [7, 11) is 0. The van der Waals surface area contributed by atoms with Gasteiger partial charge in [0, 0.05) is 5.92 Å². The Hall–Kier alpha value is -2.73. The van der Waals surface area contributed by atoms with Crippen molar-refractivity contribution in [3.63, 3.8) is 0 Å². The Kier molecular flexibility index (Phi) is 6.84. The fourth-order valence-electron chi connectivity index (χ4n) is 3.83. The van der Waals surface area contributed by atoms with Gasteiger partial charge in [-0.1, -0.05) is 6.92 Å². The summed E-state index contributed by atoms with van der Waals surface area (Å²) < 4.78 is 70.4. The number of benzene rings is 1. The van der Waals surface area contributed by atoms with Gasteiger partial charge in [-0.05, 0) is 49.4 Å². The molecule has 2 aliphatic rings. The van der Waals surface area contributed by atoms with Gasteiger partial charge in [-0.3, -0.25) is 9.53 Å². The first-order chi connectivity index (χ1) is 15.7. The second-order valence-electron chi connectivity index (χ2n) is 8.28. The Morgan fingerprint density at radius 1 is 1.15 bits per heavy atom. The minimum absolute atomic E-state index is 0.0298. The first-order valence-corrected chi connectivity index (χ1v) is 10.5. The fourth-order valence-corrected chi connectivity index (χ4v) is 3.83. The van der Waals surface area contributed by atoms with Crippen molar-refractivity contribution in [2.75, 3.05) is 13.2 Å². The predicted molar refractivity (Wildman–Crippen MR) is 104 cm³/mol. The summed E-state index contributed by atoms with van der Waals surface area (Å²) in [4.78, 5) is 12.2. The van der Waals surface area contributed by atoms with Crippen molar-refractivity contribution in [2.45, 2.75) is 56.7 Å². The van der Waals surface area contributed by atoms with Crippen LogP contribution in [0, 0.1) is 11.7 Å².